The van der Waals surface area contributed by atoms with E-state index in [-0.39, 0.29) is 35.0 Å². The summed E-state index contributed by atoms with van der Waals surface area (Å²) in [5.41, 5.74) is 0.618. The maximum absolute atomic E-state index is 14.0. The van der Waals surface area contributed by atoms with Crippen molar-refractivity contribution >= 4 is 23.2 Å². The largest absolute Gasteiger partial charge is 0.382 e. The molecule has 3 rings (SSSR count). The van der Waals surface area contributed by atoms with Crippen LogP contribution in [-0.2, 0) is 9.63 Å². The molecular formula is C17H20ClFN2O2. The molecule has 0 radical (unpaired) electrons. The van der Waals surface area contributed by atoms with E-state index >= 15 is 0 Å². The molecule has 0 aromatic heterocycles. The number of oxime groups is 1. The monoisotopic (exact) mass is 338 g/mol. The van der Waals surface area contributed by atoms with Crippen molar-refractivity contribution in [3.05, 3.63) is 34.6 Å². The van der Waals surface area contributed by atoms with Crippen molar-refractivity contribution in [2.45, 2.75) is 57.7 Å². The number of amides is 1. The fourth-order valence-corrected chi connectivity index (χ4v) is 3.73. The first kappa shape index (κ1) is 16.2. The van der Waals surface area contributed by atoms with Gasteiger partial charge in [0.25, 0.3) is 5.91 Å². The van der Waals surface area contributed by atoms with Gasteiger partial charge in [0.1, 0.15) is 5.82 Å². The van der Waals surface area contributed by atoms with E-state index < -0.39 is 11.9 Å². The summed E-state index contributed by atoms with van der Waals surface area (Å²) in [6.45, 7) is 4.11. The lowest BCUT2D eigenvalue weighted by Gasteiger charge is -2.39. The zero-order chi connectivity index (χ0) is 16.6. The highest BCUT2D eigenvalue weighted by Gasteiger charge is 2.38. The Morgan fingerprint density at radius 2 is 2.04 bits per heavy atom. The van der Waals surface area contributed by atoms with E-state index in [0.29, 0.717) is 5.71 Å². The van der Waals surface area contributed by atoms with E-state index in [1.165, 1.54) is 12.1 Å². The molecule has 1 fully saturated rings. The van der Waals surface area contributed by atoms with Gasteiger partial charge in [-0.15, -0.1) is 0 Å². The highest BCUT2D eigenvalue weighted by atomic mass is 35.5. The third-order valence-corrected chi connectivity index (χ3v) is 4.96. The van der Waals surface area contributed by atoms with Gasteiger partial charge in [0.15, 0.2) is 0 Å². The van der Waals surface area contributed by atoms with Gasteiger partial charge in [-0.1, -0.05) is 22.8 Å². The van der Waals surface area contributed by atoms with Gasteiger partial charge in [0.05, 0.1) is 16.3 Å². The molecule has 0 spiro atoms. The standard InChI is InChI=1S/C17H20ClFN2O2/c1-10-5-3-6-11(2)21(10)17(22)15-9-14(20-23-15)16-12(18)7-4-8-13(16)19/h4,7-8,10-11,15H,3,5-6,9H2,1-2H3/t10-,11-,15-/m0/s1. The van der Waals surface area contributed by atoms with Crippen molar-refractivity contribution in [3.63, 3.8) is 0 Å². The molecule has 124 valence electrons. The molecule has 0 unspecified atom stereocenters. The number of halogens is 2. The first-order valence-corrected chi connectivity index (χ1v) is 8.36. The smallest absolute Gasteiger partial charge is 0.267 e. The average molecular weight is 339 g/mol. The Morgan fingerprint density at radius 1 is 1.35 bits per heavy atom. The summed E-state index contributed by atoms with van der Waals surface area (Å²) in [5.74, 6) is -0.524. The predicted octanol–water partition coefficient (Wildman–Crippen LogP) is 3.76. The number of benzene rings is 1. The minimum atomic E-state index is -0.691. The SMILES string of the molecule is C[C@H]1CCC[C@H](C)N1C(=O)[C@@H]1CC(c2c(F)cccc2Cl)=NO1. The molecule has 2 aliphatic heterocycles. The molecule has 23 heavy (non-hydrogen) atoms. The van der Waals surface area contributed by atoms with Crippen molar-refractivity contribution in [2.24, 2.45) is 5.16 Å². The van der Waals surface area contributed by atoms with Crippen LogP contribution in [0.2, 0.25) is 5.02 Å². The molecule has 6 heteroatoms. The van der Waals surface area contributed by atoms with Gasteiger partial charge in [0.2, 0.25) is 6.10 Å². The van der Waals surface area contributed by atoms with Crippen LogP contribution in [-0.4, -0.2) is 34.7 Å². The topological polar surface area (TPSA) is 41.9 Å². The highest BCUT2D eigenvalue weighted by Crippen LogP contribution is 2.29. The van der Waals surface area contributed by atoms with Gasteiger partial charge in [-0.3, -0.25) is 4.79 Å². The molecule has 1 amide bonds. The van der Waals surface area contributed by atoms with Crippen LogP contribution >= 0.6 is 11.6 Å². The summed E-state index contributed by atoms with van der Waals surface area (Å²) in [7, 11) is 0. The average Bonchev–Trinajstić information content (AvgIpc) is 2.96. The van der Waals surface area contributed by atoms with Crippen molar-refractivity contribution in [2.75, 3.05) is 0 Å². The maximum Gasteiger partial charge on any atom is 0.267 e. The van der Waals surface area contributed by atoms with Crippen molar-refractivity contribution in [1.82, 2.24) is 4.90 Å². The molecule has 2 aliphatic rings. The molecule has 2 heterocycles. The van der Waals surface area contributed by atoms with Gasteiger partial charge in [-0.25, -0.2) is 4.39 Å². The Hall–Kier alpha value is -1.62. The summed E-state index contributed by atoms with van der Waals surface area (Å²) in [5, 5.41) is 4.20. The summed E-state index contributed by atoms with van der Waals surface area (Å²) >= 11 is 6.06. The lowest BCUT2D eigenvalue weighted by Crippen LogP contribution is -2.51. The van der Waals surface area contributed by atoms with Gasteiger partial charge < -0.3 is 9.74 Å². The number of carbonyl (C=O) groups excluding carboxylic acids is 1. The Labute approximate surface area is 140 Å². The van der Waals surface area contributed by atoms with Crippen LogP contribution in [0.25, 0.3) is 0 Å². The molecule has 1 aromatic carbocycles. The van der Waals surface area contributed by atoms with Gasteiger partial charge in [-0.2, -0.15) is 0 Å². The van der Waals surface area contributed by atoms with Crippen molar-refractivity contribution in [1.29, 1.82) is 0 Å². The number of hydrogen-bond donors (Lipinski definition) is 0. The Kier molecular flexibility index (Phi) is 4.57. The molecule has 1 aromatic rings. The lowest BCUT2D eigenvalue weighted by molar-refractivity contribution is -0.148. The van der Waals surface area contributed by atoms with Crippen LogP contribution in [0.5, 0.6) is 0 Å². The number of rotatable bonds is 2. The summed E-state index contributed by atoms with van der Waals surface area (Å²) < 4.78 is 14.0. The van der Waals surface area contributed by atoms with E-state index in [1.807, 2.05) is 4.90 Å². The minimum absolute atomic E-state index is 0.0732. The van der Waals surface area contributed by atoms with E-state index in [1.54, 1.807) is 6.07 Å². The molecule has 0 bridgehead atoms. The number of carbonyl (C=O) groups is 1. The summed E-state index contributed by atoms with van der Waals surface area (Å²) in [4.78, 5) is 20.0. The van der Waals surface area contributed by atoms with Crippen LogP contribution < -0.4 is 0 Å². The first-order valence-electron chi connectivity index (χ1n) is 7.98. The zero-order valence-electron chi connectivity index (χ0n) is 13.3. The molecule has 0 saturated carbocycles. The number of hydrogen-bond acceptors (Lipinski definition) is 3. The van der Waals surface area contributed by atoms with E-state index in [0.717, 1.165) is 19.3 Å². The van der Waals surface area contributed by atoms with Crippen LogP contribution in [0, 0.1) is 5.82 Å². The zero-order valence-corrected chi connectivity index (χ0v) is 14.0. The fraction of sp³-hybridized carbons (Fsp3) is 0.529. The number of piperidine rings is 1. The Morgan fingerprint density at radius 3 is 2.70 bits per heavy atom. The Balaban J connectivity index is 1.75. The van der Waals surface area contributed by atoms with E-state index in [2.05, 4.69) is 19.0 Å². The quantitative estimate of drug-likeness (QED) is 0.824. The minimum Gasteiger partial charge on any atom is -0.382 e. The van der Waals surface area contributed by atoms with E-state index in [4.69, 9.17) is 16.4 Å². The van der Waals surface area contributed by atoms with Crippen LogP contribution in [0.1, 0.15) is 45.1 Å². The van der Waals surface area contributed by atoms with Crippen LogP contribution in [0.3, 0.4) is 0 Å². The first-order chi connectivity index (χ1) is 11.0. The molecule has 4 nitrogen and oxygen atoms in total. The second-order valence-corrected chi connectivity index (χ2v) is 6.71. The van der Waals surface area contributed by atoms with Crippen LogP contribution in [0.15, 0.2) is 23.4 Å². The summed E-state index contributed by atoms with van der Waals surface area (Å²) in [6.07, 6.45) is 2.67. The number of nitrogens with zero attached hydrogens (tertiary/aromatic N) is 2. The van der Waals surface area contributed by atoms with Gasteiger partial charge >= 0.3 is 0 Å². The number of likely N-dealkylation sites (tertiary alicyclic amines) is 1. The molecule has 0 N–H and O–H groups in total. The Bertz CT molecular complexity index is 619. The molecule has 0 aliphatic carbocycles. The highest BCUT2D eigenvalue weighted by molar-refractivity contribution is 6.34. The molecule has 3 atom stereocenters. The maximum atomic E-state index is 14.0. The van der Waals surface area contributed by atoms with Crippen molar-refractivity contribution in [3.8, 4) is 0 Å². The molecule has 1 saturated heterocycles. The van der Waals surface area contributed by atoms with E-state index in [9.17, 15) is 9.18 Å². The lowest BCUT2D eigenvalue weighted by atomic mass is 9.95. The summed E-state index contributed by atoms with van der Waals surface area (Å²) in [6, 6.07) is 4.85. The van der Waals surface area contributed by atoms with Gasteiger partial charge in [0, 0.05) is 18.5 Å². The second-order valence-electron chi connectivity index (χ2n) is 6.31. The third-order valence-electron chi connectivity index (χ3n) is 4.64. The molecular weight excluding hydrogens is 319 g/mol. The third kappa shape index (κ3) is 3.07. The van der Waals surface area contributed by atoms with Crippen molar-refractivity contribution < 1.29 is 14.0 Å². The van der Waals surface area contributed by atoms with Gasteiger partial charge in [-0.05, 0) is 45.2 Å². The normalized spacial score (nSPS) is 27.6. The fourth-order valence-electron chi connectivity index (χ4n) is 3.45. The van der Waals surface area contributed by atoms with Crippen LogP contribution in [0.4, 0.5) is 4.39 Å². The second kappa shape index (κ2) is 6.48. The predicted molar refractivity (Wildman–Crippen MR) is 87.1 cm³/mol.